The largest absolute Gasteiger partial charge is 0.421 e. The second-order valence-electron chi connectivity index (χ2n) is 6.32. The number of rotatable bonds is 3. The van der Waals surface area contributed by atoms with Gasteiger partial charge >= 0.3 is 6.18 Å². The minimum absolute atomic E-state index is 0.118. The molecule has 6 nitrogen and oxygen atoms in total. The highest BCUT2D eigenvalue weighted by molar-refractivity contribution is 9.10. The summed E-state index contributed by atoms with van der Waals surface area (Å²) >= 11 is 9.18. The van der Waals surface area contributed by atoms with Crippen molar-refractivity contribution in [1.82, 2.24) is 9.97 Å². The Morgan fingerprint density at radius 1 is 1.34 bits per heavy atom. The first-order valence-electron chi connectivity index (χ1n) is 8.60. The number of aromatic nitrogens is 2. The van der Waals surface area contributed by atoms with E-state index in [0.717, 1.165) is 12.8 Å². The highest BCUT2D eigenvalue weighted by Gasteiger charge is 2.34. The van der Waals surface area contributed by atoms with Gasteiger partial charge in [-0.15, -0.1) is 0 Å². The second-order valence-corrected chi connectivity index (χ2v) is 7.52. The molecule has 0 bridgehead atoms. The number of hydrogen-bond acceptors (Lipinski definition) is 6. The van der Waals surface area contributed by atoms with Crippen LogP contribution >= 0.6 is 27.5 Å². The molecule has 1 heterocycles. The SMILES string of the molecule is N#CC1CCCC1.Nc1nc(Nc2cc(Cl)c(Br)c(CO)c2)ncc1C(F)(F)F. The first kappa shape index (κ1) is 23.2. The van der Waals surface area contributed by atoms with Gasteiger partial charge in [-0.1, -0.05) is 24.4 Å². The number of alkyl halides is 3. The van der Waals surface area contributed by atoms with Crippen LogP contribution in [0.4, 0.5) is 30.6 Å². The number of hydrogen-bond donors (Lipinski definition) is 3. The van der Waals surface area contributed by atoms with Gasteiger partial charge < -0.3 is 16.2 Å². The maximum Gasteiger partial charge on any atom is 0.421 e. The molecule has 0 aliphatic heterocycles. The van der Waals surface area contributed by atoms with Gasteiger partial charge in [0, 0.05) is 22.3 Å². The van der Waals surface area contributed by atoms with Gasteiger partial charge in [0.15, 0.2) is 0 Å². The molecule has 3 rings (SSSR count). The van der Waals surface area contributed by atoms with E-state index in [4.69, 9.17) is 22.6 Å². The molecule has 1 saturated carbocycles. The fourth-order valence-electron chi connectivity index (χ4n) is 2.69. The molecule has 11 heteroatoms. The molecule has 1 aliphatic rings. The Labute approximate surface area is 179 Å². The third kappa shape index (κ3) is 6.45. The topological polar surface area (TPSA) is 108 Å². The highest BCUT2D eigenvalue weighted by atomic mass is 79.9. The zero-order valence-electron chi connectivity index (χ0n) is 15.1. The van der Waals surface area contributed by atoms with Crippen LogP contribution < -0.4 is 11.1 Å². The lowest BCUT2D eigenvalue weighted by Crippen LogP contribution is -2.12. The molecule has 0 amide bonds. The number of anilines is 3. The molecule has 4 N–H and O–H groups in total. The molecular formula is C18H18BrClF3N5O. The Bertz CT molecular complexity index is 898. The third-order valence-electron chi connectivity index (χ3n) is 4.19. The number of halogens is 5. The number of nitrogens with one attached hydrogen (secondary N) is 1. The van der Waals surface area contributed by atoms with E-state index < -0.39 is 17.6 Å². The van der Waals surface area contributed by atoms with Crippen LogP contribution in [-0.4, -0.2) is 15.1 Å². The van der Waals surface area contributed by atoms with Crippen molar-refractivity contribution in [2.24, 2.45) is 5.92 Å². The van der Waals surface area contributed by atoms with Gasteiger partial charge in [-0.25, -0.2) is 4.98 Å². The quantitative estimate of drug-likeness (QED) is 0.527. The molecule has 0 radical (unpaired) electrons. The van der Waals surface area contributed by atoms with Crippen molar-refractivity contribution in [3.05, 3.63) is 39.0 Å². The van der Waals surface area contributed by atoms with E-state index in [0.29, 0.717) is 32.9 Å². The van der Waals surface area contributed by atoms with Gasteiger partial charge in [0.2, 0.25) is 5.95 Å². The lowest BCUT2D eigenvalue weighted by Gasteiger charge is -2.12. The monoisotopic (exact) mass is 491 g/mol. The smallest absolute Gasteiger partial charge is 0.392 e. The van der Waals surface area contributed by atoms with Gasteiger partial charge in [-0.3, -0.25) is 0 Å². The Morgan fingerprint density at radius 2 is 2.00 bits per heavy atom. The molecule has 1 aromatic carbocycles. The zero-order valence-corrected chi connectivity index (χ0v) is 17.4. The van der Waals surface area contributed by atoms with Gasteiger partial charge in [-0.2, -0.15) is 23.4 Å². The van der Waals surface area contributed by atoms with Crippen LogP contribution in [0.2, 0.25) is 5.02 Å². The van der Waals surface area contributed by atoms with Gasteiger partial charge in [0.1, 0.15) is 11.4 Å². The molecule has 2 aromatic rings. The maximum absolute atomic E-state index is 12.6. The number of nitrogens with two attached hydrogens (primary N) is 1. The van der Waals surface area contributed by atoms with E-state index in [2.05, 4.69) is 37.3 Å². The standard InChI is InChI=1S/C12H9BrClF3N4O.C6H9N/c13-9-5(4-22)1-6(2-8(9)14)20-11-19-3-7(10(18)21-11)12(15,16)17;7-5-6-3-1-2-4-6/h1-3,22H,4H2,(H3,18,19,20,21);6H,1-4H2. The van der Waals surface area contributed by atoms with Crippen LogP contribution in [0.3, 0.4) is 0 Å². The Kier molecular flexibility index (Phi) is 8.07. The fraction of sp³-hybridized carbons (Fsp3) is 0.389. The summed E-state index contributed by atoms with van der Waals surface area (Å²) in [6, 6.07) is 5.31. The Hall–Kier alpha value is -2.09. The summed E-state index contributed by atoms with van der Waals surface area (Å²) in [6.45, 7) is -0.272. The number of benzene rings is 1. The summed E-state index contributed by atoms with van der Waals surface area (Å²) in [5, 5.41) is 20.5. The van der Waals surface area contributed by atoms with E-state index in [1.807, 2.05) is 0 Å². The van der Waals surface area contributed by atoms with Gasteiger partial charge in [0.05, 0.1) is 17.7 Å². The molecule has 0 atom stereocenters. The second kappa shape index (κ2) is 10.1. The average Bonchev–Trinajstić information content (AvgIpc) is 3.18. The van der Waals surface area contributed by atoms with Crippen LogP contribution in [0.15, 0.2) is 22.8 Å². The van der Waals surface area contributed by atoms with E-state index in [1.165, 1.54) is 18.9 Å². The molecule has 29 heavy (non-hydrogen) atoms. The number of nitrogen functional groups attached to an aromatic ring is 1. The van der Waals surface area contributed by atoms with E-state index >= 15 is 0 Å². The minimum atomic E-state index is -4.62. The van der Waals surface area contributed by atoms with Crippen molar-refractivity contribution in [3.63, 3.8) is 0 Å². The fourth-order valence-corrected chi connectivity index (χ4v) is 3.28. The van der Waals surface area contributed by atoms with Crippen molar-refractivity contribution in [3.8, 4) is 6.07 Å². The molecule has 0 spiro atoms. The first-order chi connectivity index (χ1) is 13.7. The van der Waals surface area contributed by atoms with Crippen molar-refractivity contribution in [2.45, 2.75) is 38.5 Å². The number of nitrogens with zero attached hydrogens (tertiary/aromatic N) is 3. The van der Waals surface area contributed by atoms with E-state index in [1.54, 1.807) is 6.07 Å². The lowest BCUT2D eigenvalue weighted by atomic mass is 10.1. The Balaban J connectivity index is 0.000000360. The highest BCUT2D eigenvalue weighted by Crippen LogP contribution is 2.34. The normalized spacial score (nSPS) is 14.1. The molecule has 1 aliphatic carbocycles. The van der Waals surface area contributed by atoms with Crippen LogP contribution in [0.5, 0.6) is 0 Å². The predicted octanol–water partition coefficient (Wildman–Crippen LogP) is 5.43. The van der Waals surface area contributed by atoms with Crippen molar-refractivity contribution in [2.75, 3.05) is 11.1 Å². The molecule has 0 saturated heterocycles. The molecule has 0 unspecified atom stereocenters. The van der Waals surface area contributed by atoms with Gasteiger partial charge in [0.25, 0.3) is 0 Å². The summed E-state index contributed by atoms with van der Waals surface area (Å²) < 4.78 is 38.2. The summed E-state index contributed by atoms with van der Waals surface area (Å²) in [5.74, 6) is -0.400. The van der Waals surface area contributed by atoms with E-state index in [9.17, 15) is 18.3 Å². The van der Waals surface area contributed by atoms with Crippen LogP contribution in [-0.2, 0) is 12.8 Å². The molecule has 1 aromatic heterocycles. The average molecular weight is 493 g/mol. The predicted molar refractivity (Wildman–Crippen MR) is 107 cm³/mol. The molecular weight excluding hydrogens is 475 g/mol. The summed E-state index contributed by atoms with van der Waals surface area (Å²) in [6.07, 6.45) is 0.829. The van der Waals surface area contributed by atoms with Gasteiger partial charge in [-0.05, 0) is 46.5 Å². The van der Waals surface area contributed by atoms with Crippen LogP contribution in [0.1, 0.15) is 36.8 Å². The third-order valence-corrected chi connectivity index (χ3v) is 5.65. The molecule has 156 valence electrons. The molecule has 1 fully saturated rings. The number of aliphatic hydroxyl groups excluding tert-OH is 1. The zero-order chi connectivity index (χ0) is 21.6. The van der Waals surface area contributed by atoms with Crippen molar-refractivity contribution in [1.29, 1.82) is 5.26 Å². The van der Waals surface area contributed by atoms with E-state index in [-0.39, 0.29) is 12.6 Å². The van der Waals surface area contributed by atoms with Crippen LogP contribution in [0, 0.1) is 17.2 Å². The number of nitriles is 1. The summed E-state index contributed by atoms with van der Waals surface area (Å²) in [5.41, 5.74) is 5.07. The minimum Gasteiger partial charge on any atom is -0.392 e. The van der Waals surface area contributed by atoms with Crippen LogP contribution in [0.25, 0.3) is 0 Å². The van der Waals surface area contributed by atoms with Crippen molar-refractivity contribution < 1.29 is 18.3 Å². The maximum atomic E-state index is 12.6. The lowest BCUT2D eigenvalue weighted by molar-refractivity contribution is -0.137. The first-order valence-corrected chi connectivity index (χ1v) is 9.78. The Morgan fingerprint density at radius 3 is 2.48 bits per heavy atom. The van der Waals surface area contributed by atoms with Crippen molar-refractivity contribution >= 4 is 45.0 Å². The summed E-state index contributed by atoms with van der Waals surface area (Å²) in [4.78, 5) is 7.13. The number of aliphatic hydroxyl groups is 1. The summed E-state index contributed by atoms with van der Waals surface area (Å²) in [7, 11) is 0.